The minimum absolute atomic E-state index is 0.106. The molecule has 3 aromatic rings. The number of hydrogen-bond donors (Lipinski definition) is 1. The van der Waals surface area contributed by atoms with Gasteiger partial charge in [-0.2, -0.15) is 5.10 Å². The Bertz CT molecular complexity index is 1220. The summed E-state index contributed by atoms with van der Waals surface area (Å²) in [5.74, 6) is -4.20. The largest absolute Gasteiger partial charge is 0.427 e. The van der Waals surface area contributed by atoms with Crippen LogP contribution in [0.2, 0.25) is 0 Å². The third-order valence-electron chi connectivity index (χ3n) is 5.89. The van der Waals surface area contributed by atoms with Crippen LogP contribution < -0.4 is 10.2 Å². The molecular formula is C20H18F3N7O3. The number of nitrogens with one attached hydrogen (secondary N) is 1. The molecule has 1 fully saturated rings. The monoisotopic (exact) mass is 461 g/mol. The summed E-state index contributed by atoms with van der Waals surface area (Å²) in [6, 6.07) is 0.788. The van der Waals surface area contributed by atoms with Gasteiger partial charge < -0.3 is 19.5 Å². The van der Waals surface area contributed by atoms with E-state index in [4.69, 9.17) is 4.42 Å². The molecule has 1 atom stereocenters. The topological polar surface area (TPSA) is 109 Å². The van der Waals surface area contributed by atoms with E-state index in [1.165, 1.54) is 11.3 Å². The maximum Gasteiger partial charge on any atom is 0.322 e. The van der Waals surface area contributed by atoms with Gasteiger partial charge >= 0.3 is 6.03 Å². The van der Waals surface area contributed by atoms with Crippen molar-refractivity contribution in [2.24, 2.45) is 0 Å². The number of benzene rings is 1. The molecule has 33 heavy (non-hydrogen) atoms. The van der Waals surface area contributed by atoms with E-state index >= 15 is 0 Å². The van der Waals surface area contributed by atoms with Crippen LogP contribution in [0.4, 0.5) is 29.3 Å². The Morgan fingerprint density at radius 1 is 1.21 bits per heavy atom. The number of carbonyl (C=O) groups is 2. The third kappa shape index (κ3) is 3.58. The molecule has 3 amide bonds. The van der Waals surface area contributed by atoms with Crippen LogP contribution in [0.5, 0.6) is 0 Å². The van der Waals surface area contributed by atoms with Gasteiger partial charge in [0.05, 0.1) is 36.1 Å². The number of urea groups is 1. The van der Waals surface area contributed by atoms with Gasteiger partial charge in [0.15, 0.2) is 17.5 Å². The zero-order valence-electron chi connectivity index (χ0n) is 17.4. The van der Waals surface area contributed by atoms with Crippen LogP contribution in [0.1, 0.15) is 24.9 Å². The van der Waals surface area contributed by atoms with Crippen molar-refractivity contribution >= 4 is 23.3 Å². The zero-order chi connectivity index (χ0) is 23.3. The third-order valence-corrected chi connectivity index (χ3v) is 5.89. The van der Waals surface area contributed by atoms with E-state index in [1.54, 1.807) is 15.8 Å². The Labute approximate surface area is 185 Å². The predicted octanol–water partition coefficient (Wildman–Crippen LogP) is 2.43. The van der Waals surface area contributed by atoms with Crippen molar-refractivity contribution in [2.45, 2.75) is 31.8 Å². The molecule has 5 rings (SSSR count). The highest BCUT2D eigenvalue weighted by molar-refractivity contribution is 5.97. The van der Waals surface area contributed by atoms with Crippen LogP contribution >= 0.6 is 0 Å². The molecule has 1 unspecified atom stereocenters. The second kappa shape index (κ2) is 7.60. The number of rotatable bonds is 3. The smallest absolute Gasteiger partial charge is 0.322 e. The molecule has 0 bridgehead atoms. The molecule has 0 radical (unpaired) electrons. The van der Waals surface area contributed by atoms with Gasteiger partial charge in [-0.3, -0.25) is 9.48 Å². The van der Waals surface area contributed by atoms with Gasteiger partial charge in [0.1, 0.15) is 0 Å². The number of nitrogens with zero attached hydrogens (tertiary/aromatic N) is 6. The zero-order valence-corrected chi connectivity index (χ0v) is 17.4. The first-order chi connectivity index (χ1) is 15.7. The van der Waals surface area contributed by atoms with E-state index in [-0.39, 0.29) is 31.1 Å². The molecule has 2 aromatic heterocycles. The normalized spacial score (nSPS) is 20.3. The fourth-order valence-corrected chi connectivity index (χ4v) is 4.18. The summed E-state index contributed by atoms with van der Waals surface area (Å²) >= 11 is 0. The van der Waals surface area contributed by atoms with Gasteiger partial charge in [-0.15, -0.1) is 10.2 Å². The molecule has 1 N–H and O–H groups in total. The van der Waals surface area contributed by atoms with Crippen LogP contribution in [0, 0.1) is 17.5 Å². The lowest BCUT2D eigenvalue weighted by molar-refractivity contribution is -0.117. The van der Waals surface area contributed by atoms with Crippen LogP contribution in [0.25, 0.3) is 0 Å². The van der Waals surface area contributed by atoms with Crippen molar-refractivity contribution in [2.75, 3.05) is 23.3 Å². The van der Waals surface area contributed by atoms with E-state index in [2.05, 4.69) is 20.6 Å². The second-order valence-electron chi connectivity index (χ2n) is 8.27. The summed E-state index contributed by atoms with van der Waals surface area (Å²) in [6.45, 7) is 2.90. The Morgan fingerprint density at radius 3 is 2.67 bits per heavy atom. The number of hydrogen-bond acceptors (Lipinski definition) is 6. The van der Waals surface area contributed by atoms with Crippen molar-refractivity contribution in [3.63, 3.8) is 0 Å². The van der Waals surface area contributed by atoms with E-state index in [1.807, 2.05) is 6.92 Å². The minimum atomic E-state index is -1.61. The lowest BCUT2D eigenvalue weighted by Gasteiger charge is -2.30. The molecule has 2 aliphatic rings. The minimum Gasteiger partial charge on any atom is -0.427 e. The molecular weight excluding hydrogens is 443 g/mol. The lowest BCUT2D eigenvalue weighted by atomic mass is 9.90. The molecule has 4 heterocycles. The van der Waals surface area contributed by atoms with Gasteiger partial charge in [-0.25, -0.2) is 18.0 Å². The molecule has 0 aliphatic carbocycles. The molecule has 172 valence electrons. The summed E-state index contributed by atoms with van der Waals surface area (Å²) in [4.78, 5) is 28.5. The van der Waals surface area contributed by atoms with E-state index in [0.717, 1.165) is 0 Å². The maximum atomic E-state index is 13.5. The maximum absolute atomic E-state index is 13.5. The fourth-order valence-electron chi connectivity index (χ4n) is 4.18. The van der Waals surface area contributed by atoms with Crippen LogP contribution in [0.3, 0.4) is 0 Å². The van der Waals surface area contributed by atoms with Gasteiger partial charge in [0.2, 0.25) is 18.2 Å². The van der Waals surface area contributed by atoms with Gasteiger partial charge in [0, 0.05) is 37.3 Å². The number of amides is 3. The highest BCUT2D eigenvalue weighted by atomic mass is 19.2. The summed E-state index contributed by atoms with van der Waals surface area (Å²) in [5, 5.41) is 14.3. The first-order valence-electron chi connectivity index (χ1n) is 10.1. The standard InChI is InChI=1S/C20H18F3N7O3/c1-20(18-27-24-10-33-18)6-16(31)29(9-20)14-7-25-30-3-2-28(8-15(14)30)19(32)26-11-4-12(21)17(23)13(22)5-11/h4-5,7,10H,2-3,6,8-9H2,1H3,(H,26,32). The van der Waals surface area contributed by atoms with E-state index in [9.17, 15) is 22.8 Å². The molecule has 2 aliphatic heterocycles. The molecule has 13 heteroatoms. The molecule has 0 saturated carbocycles. The predicted molar refractivity (Wildman–Crippen MR) is 107 cm³/mol. The highest BCUT2D eigenvalue weighted by Crippen LogP contribution is 2.38. The number of aromatic nitrogens is 4. The quantitative estimate of drug-likeness (QED) is 0.600. The van der Waals surface area contributed by atoms with Gasteiger partial charge in [0.25, 0.3) is 0 Å². The molecule has 1 saturated heterocycles. The lowest BCUT2D eigenvalue weighted by Crippen LogP contribution is -2.41. The fraction of sp³-hybridized carbons (Fsp3) is 0.350. The van der Waals surface area contributed by atoms with Crippen molar-refractivity contribution in [1.82, 2.24) is 24.9 Å². The van der Waals surface area contributed by atoms with Crippen molar-refractivity contribution in [3.8, 4) is 0 Å². The summed E-state index contributed by atoms with van der Waals surface area (Å²) in [5.41, 5.74) is 0.321. The summed E-state index contributed by atoms with van der Waals surface area (Å²) in [6.07, 6.45) is 2.95. The van der Waals surface area contributed by atoms with Crippen molar-refractivity contribution in [1.29, 1.82) is 0 Å². The number of anilines is 2. The average molecular weight is 461 g/mol. The van der Waals surface area contributed by atoms with Gasteiger partial charge in [-0.1, -0.05) is 0 Å². The second-order valence-corrected chi connectivity index (χ2v) is 8.27. The van der Waals surface area contributed by atoms with Crippen molar-refractivity contribution in [3.05, 3.63) is 53.8 Å². The number of halogens is 3. The summed E-state index contributed by atoms with van der Waals surface area (Å²) < 4.78 is 47.1. The molecule has 10 nitrogen and oxygen atoms in total. The van der Waals surface area contributed by atoms with Crippen molar-refractivity contribution < 1.29 is 27.2 Å². The van der Waals surface area contributed by atoms with Gasteiger partial charge in [-0.05, 0) is 6.92 Å². The average Bonchev–Trinajstić information content (AvgIpc) is 3.51. The Balaban J connectivity index is 1.35. The van der Waals surface area contributed by atoms with Crippen LogP contribution in [0.15, 0.2) is 29.1 Å². The highest BCUT2D eigenvalue weighted by Gasteiger charge is 2.46. The summed E-state index contributed by atoms with van der Waals surface area (Å²) in [7, 11) is 0. The first kappa shape index (κ1) is 21.0. The number of carbonyl (C=O) groups excluding carboxylic acids is 2. The van der Waals surface area contributed by atoms with E-state index < -0.39 is 28.9 Å². The van der Waals surface area contributed by atoms with Crippen LogP contribution in [-0.2, 0) is 23.3 Å². The molecule has 0 spiro atoms. The molecule has 1 aromatic carbocycles. The SMILES string of the molecule is CC1(c2nnco2)CC(=O)N(c2cnn3c2CN(C(=O)Nc2cc(F)c(F)c(F)c2)CC3)C1. The Morgan fingerprint density at radius 2 is 1.97 bits per heavy atom. The Kier molecular flexibility index (Phi) is 4.83. The first-order valence-corrected chi connectivity index (χ1v) is 10.1. The number of fused-ring (bicyclic) bond motifs is 1. The Hall–Kier alpha value is -3.90. The van der Waals surface area contributed by atoms with E-state index in [0.29, 0.717) is 42.5 Å². The van der Waals surface area contributed by atoms with Crippen LogP contribution in [-0.4, -0.2) is 49.9 Å².